The number of rotatable bonds is 8. The van der Waals surface area contributed by atoms with Crippen LogP contribution in [-0.4, -0.2) is 56.1 Å². The third-order valence-electron chi connectivity index (χ3n) is 3.17. The molecule has 0 aromatic carbocycles. The molecule has 0 aliphatic rings. The number of urea groups is 1. The van der Waals surface area contributed by atoms with Crippen LogP contribution in [0.25, 0.3) is 0 Å². The van der Waals surface area contributed by atoms with E-state index in [9.17, 15) is 9.59 Å². The summed E-state index contributed by atoms with van der Waals surface area (Å²) >= 11 is 0. The zero-order valence-corrected chi connectivity index (χ0v) is 12.3. The summed E-state index contributed by atoms with van der Waals surface area (Å²) in [6.07, 6.45) is 4.44. The van der Waals surface area contributed by atoms with Gasteiger partial charge in [-0.15, -0.1) is 0 Å². The summed E-state index contributed by atoms with van der Waals surface area (Å²) in [6, 6.07) is -0.279. The molecule has 0 aliphatic heterocycles. The first-order valence-electron chi connectivity index (χ1n) is 6.94. The number of aromatic nitrogens is 2. The fourth-order valence-electron chi connectivity index (χ4n) is 2.14. The van der Waals surface area contributed by atoms with Gasteiger partial charge >= 0.3 is 12.0 Å². The molecule has 0 aliphatic carbocycles. The van der Waals surface area contributed by atoms with E-state index in [1.807, 2.05) is 13.8 Å². The molecule has 0 bridgehead atoms. The number of carboxylic acids is 1. The van der Waals surface area contributed by atoms with E-state index < -0.39 is 5.97 Å². The number of amides is 2. The second-order valence-electron chi connectivity index (χ2n) is 4.64. The average Bonchev–Trinajstić information content (AvgIpc) is 2.85. The number of carbonyl (C=O) groups is 2. The van der Waals surface area contributed by atoms with Crippen molar-refractivity contribution in [2.75, 3.05) is 18.5 Å². The second-order valence-corrected chi connectivity index (χ2v) is 4.64. The Morgan fingerprint density at radius 3 is 2.62 bits per heavy atom. The van der Waals surface area contributed by atoms with Gasteiger partial charge in [0.05, 0.1) is 18.5 Å². The molecule has 118 valence electrons. The molecule has 1 heterocycles. The van der Waals surface area contributed by atoms with Crippen LogP contribution in [0.15, 0.2) is 12.4 Å². The van der Waals surface area contributed by atoms with Crippen molar-refractivity contribution < 1.29 is 19.8 Å². The van der Waals surface area contributed by atoms with Gasteiger partial charge in [0.25, 0.3) is 0 Å². The lowest BCUT2D eigenvalue weighted by atomic mass is 10.1. The fourth-order valence-corrected chi connectivity index (χ4v) is 2.14. The summed E-state index contributed by atoms with van der Waals surface area (Å²) in [6.45, 7) is 3.85. The molecular formula is C13H22N4O4. The maximum atomic E-state index is 12.2. The normalized spacial score (nSPS) is 10.7. The summed E-state index contributed by atoms with van der Waals surface area (Å²) in [4.78, 5) is 24.4. The highest BCUT2D eigenvalue weighted by Crippen LogP contribution is 2.12. The Labute approximate surface area is 123 Å². The summed E-state index contributed by atoms with van der Waals surface area (Å²) in [5.74, 6) is -1.00. The van der Waals surface area contributed by atoms with Crippen molar-refractivity contribution >= 4 is 17.7 Å². The molecule has 0 radical (unpaired) electrons. The highest BCUT2D eigenvalue weighted by molar-refractivity contribution is 5.89. The Morgan fingerprint density at radius 2 is 2.10 bits per heavy atom. The van der Waals surface area contributed by atoms with Gasteiger partial charge in [0.15, 0.2) is 0 Å². The zero-order chi connectivity index (χ0) is 15.8. The second kappa shape index (κ2) is 8.25. The van der Waals surface area contributed by atoms with Crippen LogP contribution in [0, 0.1) is 0 Å². The Balaban J connectivity index is 2.72. The number of aliphatic carboxylic acids is 1. The number of hydrogen-bond acceptors (Lipinski definition) is 4. The molecule has 0 unspecified atom stereocenters. The number of anilines is 1. The van der Waals surface area contributed by atoms with E-state index in [0.29, 0.717) is 5.69 Å². The SMILES string of the molecule is CCC(CC)N(CCO)C(=O)Nc1cnn(CC(=O)O)c1. The maximum absolute atomic E-state index is 12.2. The van der Waals surface area contributed by atoms with Crippen molar-refractivity contribution in [1.82, 2.24) is 14.7 Å². The molecule has 0 saturated carbocycles. The summed E-state index contributed by atoms with van der Waals surface area (Å²) < 4.78 is 1.23. The van der Waals surface area contributed by atoms with Crippen molar-refractivity contribution in [2.45, 2.75) is 39.3 Å². The van der Waals surface area contributed by atoms with Crippen LogP contribution in [-0.2, 0) is 11.3 Å². The number of carboxylic acid groups (broad SMARTS) is 1. The number of nitrogens with zero attached hydrogens (tertiary/aromatic N) is 3. The number of nitrogens with one attached hydrogen (secondary N) is 1. The standard InChI is InChI=1S/C13H22N4O4/c1-3-11(4-2)17(5-6-18)13(21)15-10-7-14-16(8-10)9-12(19)20/h7-8,11,18H,3-6,9H2,1-2H3,(H,15,21)(H,19,20). The van der Waals surface area contributed by atoms with Gasteiger partial charge in [-0.1, -0.05) is 13.8 Å². The molecule has 2 amide bonds. The minimum atomic E-state index is -1.00. The van der Waals surface area contributed by atoms with Crippen molar-refractivity contribution in [3.63, 3.8) is 0 Å². The lowest BCUT2D eigenvalue weighted by Gasteiger charge is -2.29. The molecular weight excluding hydrogens is 276 g/mol. The van der Waals surface area contributed by atoms with Crippen molar-refractivity contribution in [1.29, 1.82) is 0 Å². The first-order valence-corrected chi connectivity index (χ1v) is 6.94. The number of hydrogen-bond donors (Lipinski definition) is 3. The molecule has 8 heteroatoms. The van der Waals surface area contributed by atoms with Gasteiger partial charge in [0.2, 0.25) is 0 Å². The van der Waals surface area contributed by atoms with E-state index in [1.165, 1.54) is 17.1 Å². The van der Waals surface area contributed by atoms with Crippen LogP contribution in [0.1, 0.15) is 26.7 Å². The highest BCUT2D eigenvalue weighted by atomic mass is 16.4. The Morgan fingerprint density at radius 1 is 1.43 bits per heavy atom. The van der Waals surface area contributed by atoms with E-state index in [-0.39, 0.29) is 31.8 Å². The van der Waals surface area contributed by atoms with Gasteiger partial charge in [0, 0.05) is 18.8 Å². The minimum absolute atomic E-state index is 0.0474. The molecule has 21 heavy (non-hydrogen) atoms. The van der Waals surface area contributed by atoms with E-state index >= 15 is 0 Å². The lowest BCUT2D eigenvalue weighted by Crippen LogP contribution is -2.44. The van der Waals surface area contributed by atoms with Crippen molar-refractivity contribution in [3.05, 3.63) is 12.4 Å². The van der Waals surface area contributed by atoms with Gasteiger partial charge in [-0.25, -0.2) is 4.79 Å². The first-order chi connectivity index (χ1) is 10.0. The molecule has 8 nitrogen and oxygen atoms in total. The lowest BCUT2D eigenvalue weighted by molar-refractivity contribution is -0.137. The van der Waals surface area contributed by atoms with Gasteiger partial charge in [0.1, 0.15) is 6.54 Å². The van der Waals surface area contributed by atoms with Crippen LogP contribution in [0.3, 0.4) is 0 Å². The molecule has 0 saturated heterocycles. The first kappa shape index (κ1) is 17.0. The smallest absolute Gasteiger partial charge is 0.325 e. The summed E-state index contributed by atoms with van der Waals surface area (Å²) in [5, 5.41) is 24.3. The van der Waals surface area contributed by atoms with Crippen LogP contribution < -0.4 is 5.32 Å². The largest absolute Gasteiger partial charge is 0.480 e. The predicted molar refractivity (Wildman–Crippen MR) is 77.0 cm³/mol. The molecule has 0 atom stereocenters. The molecule has 0 fully saturated rings. The van der Waals surface area contributed by atoms with E-state index in [1.54, 1.807) is 4.90 Å². The third kappa shape index (κ3) is 5.07. The predicted octanol–water partition coefficient (Wildman–Crippen LogP) is 0.982. The number of aliphatic hydroxyl groups is 1. The minimum Gasteiger partial charge on any atom is -0.480 e. The van der Waals surface area contributed by atoms with Gasteiger partial charge in [-0.05, 0) is 12.8 Å². The van der Waals surface area contributed by atoms with E-state index in [2.05, 4.69) is 10.4 Å². The molecule has 1 aromatic rings. The molecule has 1 aromatic heterocycles. The van der Waals surface area contributed by atoms with Gasteiger partial charge < -0.3 is 20.4 Å². The molecule has 3 N–H and O–H groups in total. The summed E-state index contributed by atoms with van der Waals surface area (Å²) in [5.41, 5.74) is 0.426. The quantitative estimate of drug-likeness (QED) is 0.663. The summed E-state index contributed by atoms with van der Waals surface area (Å²) in [7, 11) is 0. The number of carbonyl (C=O) groups excluding carboxylic acids is 1. The van der Waals surface area contributed by atoms with Gasteiger partial charge in [-0.3, -0.25) is 9.48 Å². The van der Waals surface area contributed by atoms with Crippen LogP contribution in [0.4, 0.5) is 10.5 Å². The molecule has 0 spiro atoms. The number of aliphatic hydroxyl groups excluding tert-OH is 1. The van der Waals surface area contributed by atoms with E-state index in [0.717, 1.165) is 12.8 Å². The Kier molecular flexibility index (Phi) is 6.67. The third-order valence-corrected chi connectivity index (χ3v) is 3.17. The van der Waals surface area contributed by atoms with Crippen LogP contribution >= 0.6 is 0 Å². The average molecular weight is 298 g/mol. The van der Waals surface area contributed by atoms with Crippen molar-refractivity contribution in [3.8, 4) is 0 Å². The Hall–Kier alpha value is -2.09. The molecule has 1 rings (SSSR count). The Bertz CT molecular complexity index is 470. The topological polar surface area (TPSA) is 108 Å². The fraction of sp³-hybridized carbons (Fsp3) is 0.615. The van der Waals surface area contributed by atoms with E-state index in [4.69, 9.17) is 10.2 Å². The van der Waals surface area contributed by atoms with Crippen molar-refractivity contribution in [2.24, 2.45) is 0 Å². The monoisotopic (exact) mass is 298 g/mol. The van der Waals surface area contributed by atoms with Crippen LogP contribution in [0.5, 0.6) is 0 Å². The van der Waals surface area contributed by atoms with Gasteiger partial charge in [-0.2, -0.15) is 5.10 Å². The maximum Gasteiger partial charge on any atom is 0.325 e. The zero-order valence-electron chi connectivity index (χ0n) is 12.3. The van der Waals surface area contributed by atoms with Crippen LogP contribution in [0.2, 0.25) is 0 Å². The highest BCUT2D eigenvalue weighted by Gasteiger charge is 2.21.